The third kappa shape index (κ3) is 4.91. The third-order valence-corrected chi connectivity index (χ3v) is 5.72. The number of hydrogen-bond acceptors (Lipinski definition) is 3. The first-order valence-corrected chi connectivity index (χ1v) is 9.06. The molecule has 1 aromatic carbocycles. The van der Waals surface area contributed by atoms with Gasteiger partial charge in [0.25, 0.3) is 0 Å². The molecule has 0 amide bonds. The molecule has 0 aliphatic heterocycles. The predicted molar refractivity (Wildman–Crippen MR) is 85.8 cm³/mol. The first kappa shape index (κ1) is 17.2. The van der Waals surface area contributed by atoms with Crippen molar-refractivity contribution in [2.75, 3.05) is 18.6 Å². The summed E-state index contributed by atoms with van der Waals surface area (Å²) in [7, 11) is -1.22. The molecular weight excluding hydrogens is 270 g/mol. The molecule has 0 aliphatic rings. The molecule has 114 valence electrons. The Morgan fingerprint density at radius 2 is 1.85 bits per heavy atom. The molecule has 20 heavy (non-hydrogen) atoms. The maximum absolute atomic E-state index is 12.3. The summed E-state index contributed by atoms with van der Waals surface area (Å²) in [5.41, 5.74) is 3.41. The van der Waals surface area contributed by atoms with E-state index in [-0.39, 0.29) is 23.5 Å². The smallest absolute Gasteiger partial charge is 0.152 e. The fraction of sp³-hybridized carbons (Fsp3) is 0.625. The van der Waals surface area contributed by atoms with Gasteiger partial charge in [-0.1, -0.05) is 44.0 Å². The number of hydrogen-bond donors (Lipinski definition) is 1. The van der Waals surface area contributed by atoms with E-state index in [1.165, 1.54) is 5.56 Å². The van der Waals surface area contributed by atoms with Crippen LogP contribution >= 0.6 is 0 Å². The summed E-state index contributed by atoms with van der Waals surface area (Å²) in [5.74, 6) is 0.654. The second-order valence-corrected chi connectivity index (χ2v) is 7.95. The Hall–Kier alpha value is -0.870. The van der Waals surface area contributed by atoms with Crippen LogP contribution < -0.4 is 5.32 Å². The summed E-state index contributed by atoms with van der Waals surface area (Å²) in [6.45, 7) is 8.10. The van der Waals surface area contributed by atoms with Gasteiger partial charge in [0.2, 0.25) is 0 Å². The third-order valence-electron chi connectivity index (χ3n) is 3.81. The van der Waals surface area contributed by atoms with Gasteiger partial charge in [0, 0.05) is 6.04 Å². The lowest BCUT2D eigenvalue weighted by molar-refractivity contribution is 0.549. The van der Waals surface area contributed by atoms with E-state index in [1.807, 2.05) is 46.9 Å². The molecular formula is C16H27NO2S. The molecule has 3 nitrogen and oxygen atoms in total. The Kier molecular flexibility index (Phi) is 6.21. The minimum Gasteiger partial charge on any atom is -0.312 e. The molecule has 0 aliphatic carbocycles. The van der Waals surface area contributed by atoms with Crippen LogP contribution in [-0.4, -0.2) is 27.0 Å². The average Bonchev–Trinajstić information content (AvgIpc) is 2.35. The van der Waals surface area contributed by atoms with Crippen LogP contribution in [-0.2, 0) is 9.84 Å². The van der Waals surface area contributed by atoms with E-state index >= 15 is 0 Å². The van der Waals surface area contributed by atoms with Gasteiger partial charge < -0.3 is 5.32 Å². The van der Waals surface area contributed by atoms with Crippen LogP contribution in [0.4, 0.5) is 0 Å². The van der Waals surface area contributed by atoms with E-state index in [1.54, 1.807) is 0 Å². The molecule has 0 radical (unpaired) electrons. The summed E-state index contributed by atoms with van der Waals surface area (Å²) in [5, 5.41) is 3.15. The van der Waals surface area contributed by atoms with Gasteiger partial charge in [0.05, 0.1) is 11.5 Å². The number of benzene rings is 1. The molecule has 1 N–H and O–H groups in total. The standard InChI is InChI=1S/C16H27NO2S/c1-6-12(2)10-20(18,19)11-16(17-5)15-8-7-13(3)9-14(15)4/h7-9,12,16-17H,6,10-11H2,1-5H3. The number of rotatable bonds is 7. The van der Waals surface area contributed by atoms with Gasteiger partial charge in [-0.3, -0.25) is 0 Å². The van der Waals surface area contributed by atoms with Crippen LogP contribution in [0.5, 0.6) is 0 Å². The van der Waals surface area contributed by atoms with Crippen molar-refractivity contribution in [3.05, 3.63) is 34.9 Å². The monoisotopic (exact) mass is 297 g/mol. The lowest BCUT2D eigenvalue weighted by atomic mass is 10.0. The van der Waals surface area contributed by atoms with Crippen molar-refractivity contribution < 1.29 is 8.42 Å². The van der Waals surface area contributed by atoms with Crippen LogP contribution in [0, 0.1) is 19.8 Å². The molecule has 0 spiro atoms. The second-order valence-electron chi connectivity index (χ2n) is 5.79. The summed E-state index contributed by atoms with van der Waals surface area (Å²) < 4.78 is 24.6. The van der Waals surface area contributed by atoms with E-state index in [4.69, 9.17) is 0 Å². The normalized spacial score (nSPS) is 15.1. The lowest BCUT2D eigenvalue weighted by Crippen LogP contribution is -2.28. The molecule has 0 bridgehead atoms. The number of sulfone groups is 1. The van der Waals surface area contributed by atoms with Crippen LogP contribution in [0.2, 0.25) is 0 Å². The molecule has 2 unspecified atom stereocenters. The van der Waals surface area contributed by atoms with Gasteiger partial charge in [-0.15, -0.1) is 0 Å². The molecule has 0 fully saturated rings. The highest BCUT2D eigenvalue weighted by molar-refractivity contribution is 7.91. The Bertz CT molecular complexity index is 537. The first-order valence-electron chi connectivity index (χ1n) is 7.24. The van der Waals surface area contributed by atoms with Crippen molar-refractivity contribution in [3.63, 3.8) is 0 Å². The summed E-state index contributed by atoms with van der Waals surface area (Å²) in [4.78, 5) is 0. The quantitative estimate of drug-likeness (QED) is 0.841. The van der Waals surface area contributed by atoms with Crippen molar-refractivity contribution in [1.29, 1.82) is 0 Å². The number of aryl methyl sites for hydroxylation is 2. The van der Waals surface area contributed by atoms with Gasteiger partial charge in [-0.25, -0.2) is 8.42 Å². The second kappa shape index (κ2) is 7.23. The van der Waals surface area contributed by atoms with Gasteiger partial charge in [0.1, 0.15) is 0 Å². The zero-order valence-corrected chi connectivity index (χ0v) is 14.0. The van der Waals surface area contributed by atoms with Gasteiger partial charge in [0.15, 0.2) is 9.84 Å². The fourth-order valence-corrected chi connectivity index (χ4v) is 4.51. The molecule has 2 atom stereocenters. The zero-order valence-electron chi connectivity index (χ0n) is 13.2. The lowest BCUT2D eigenvalue weighted by Gasteiger charge is -2.20. The Labute approximate surface area is 123 Å². The summed E-state index contributed by atoms with van der Waals surface area (Å²) in [6.07, 6.45) is 0.896. The zero-order chi connectivity index (χ0) is 15.3. The molecule has 0 heterocycles. The highest BCUT2D eigenvalue weighted by Gasteiger charge is 2.22. The number of nitrogens with one attached hydrogen (secondary N) is 1. The Morgan fingerprint density at radius 3 is 2.35 bits per heavy atom. The molecule has 0 aromatic heterocycles. The fourth-order valence-electron chi connectivity index (χ4n) is 2.42. The SMILES string of the molecule is CCC(C)CS(=O)(=O)CC(NC)c1ccc(C)cc1C. The first-order chi connectivity index (χ1) is 9.29. The van der Waals surface area contributed by atoms with Crippen LogP contribution in [0.15, 0.2) is 18.2 Å². The predicted octanol–water partition coefficient (Wildman–Crippen LogP) is 3.02. The van der Waals surface area contributed by atoms with Gasteiger partial charge >= 0.3 is 0 Å². The minimum absolute atomic E-state index is 0.135. The van der Waals surface area contributed by atoms with Crippen LogP contribution in [0.1, 0.15) is 43.0 Å². The van der Waals surface area contributed by atoms with Crippen molar-refractivity contribution in [2.45, 2.75) is 40.2 Å². The van der Waals surface area contributed by atoms with Crippen molar-refractivity contribution in [1.82, 2.24) is 5.32 Å². The van der Waals surface area contributed by atoms with Gasteiger partial charge in [-0.05, 0) is 37.9 Å². The Balaban J connectivity index is 2.92. The maximum Gasteiger partial charge on any atom is 0.152 e. The van der Waals surface area contributed by atoms with Crippen molar-refractivity contribution in [3.8, 4) is 0 Å². The Morgan fingerprint density at radius 1 is 1.20 bits per heavy atom. The molecule has 0 saturated carbocycles. The van der Waals surface area contributed by atoms with Crippen molar-refractivity contribution >= 4 is 9.84 Å². The minimum atomic E-state index is -3.04. The highest BCUT2D eigenvalue weighted by atomic mass is 32.2. The molecule has 0 saturated heterocycles. The molecule has 1 rings (SSSR count). The van der Waals surface area contributed by atoms with E-state index < -0.39 is 9.84 Å². The van der Waals surface area contributed by atoms with Crippen LogP contribution in [0.25, 0.3) is 0 Å². The molecule has 1 aromatic rings. The van der Waals surface area contributed by atoms with Crippen LogP contribution in [0.3, 0.4) is 0 Å². The summed E-state index contributed by atoms with van der Waals surface area (Å²) in [6, 6.07) is 6.03. The largest absolute Gasteiger partial charge is 0.312 e. The topological polar surface area (TPSA) is 46.2 Å². The summed E-state index contributed by atoms with van der Waals surface area (Å²) >= 11 is 0. The van der Waals surface area contributed by atoms with Crippen molar-refractivity contribution in [2.24, 2.45) is 5.92 Å². The van der Waals surface area contributed by atoms with E-state index in [0.29, 0.717) is 0 Å². The maximum atomic E-state index is 12.3. The highest BCUT2D eigenvalue weighted by Crippen LogP contribution is 2.21. The van der Waals surface area contributed by atoms with E-state index in [0.717, 1.165) is 17.5 Å². The average molecular weight is 297 g/mol. The van der Waals surface area contributed by atoms with E-state index in [9.17, 15) is 8.42 Å². The van der Waals surface area contributed by atoms with Gasteiger partial charge in [-0.2, -0.15) is 0 Å². The molecule has 4 heteroatoms. The van der Waals surface area contributed by atoms with E-state index in [2.05, 4.69) is 11.4 Å².